The maximum Gasteiger partial charge on any atom is 0.123 e. The van der Waals surface area contributed by atoms with Crippen molar-refractivity contribution in [1.29, 1.82) is 0 Å². The third-order valence-electron chi connectivity index (χ3n) is 4.31. The SMILES string of the molecule is CCC(N)C(c1cccc(F)c1)N1CCN(CC)CC1. The Balaban J connectivity index is 2.16. The number of nitrogens with two attached hydrogens (primary N) is 1. The molecule has 0 bridgehead atoms. The van der Waals surface area contributed by atoms with Crippen molar-refractivity contribution in [1.82, 2.24) is 9.80 Å². The topological polar surface area (TPSA) is 32.5 Å². The molecule has 2 unspecified atom stereocenters. The highest BCUT2D eigenvalue weighted by Crippen LogP contribution is 2.26. The molecule has 20 heavy (non-hydrogen) atoms. The van der Waals surface area contributed by atoms with Crippen LogP contribution in [0.1, 0.15) is 31.9 Å². The fourth-order valence-electron chi connectivity index (χ4n) is 3.00. The van der Waals surface area contributed by atoms with Gasteiger partial charge in [0.25, 0.3) is 0 Å². The smallest absolute Gasteiger partial charge is 0.123 e. The van der Waals surface area contributed by atoms with Crippen molar-refractivity contribution in [2.75, 3.05) is 32.7 Å². The fourth-order valence-corrected chi connectivity index (χ4v) is 3.00. The van der Waals surface area contributed by atoms with Gasteiger partial charge in [0.15, 0.2) is 0 Å². The van der Waals surface area contributed by atoms with Gasteiger partial charge >= 0.3 is 0 Å². The van der Waals surface area contributed by atoms with Crippen molar-refractivity contribution in [2.24, 2.45) is 5.73 Å². The molecule has 0 amide bonds. The molecule has 0 aromatic heterocycles. The molecule has 1 saturated heterocycles. The molecule has 112 valence electrons. The fraction of sp³-hybridized carbons (Fsp3) is 0.625. The maximum absolute atomic E-state index is 13.5. The molecule has 1 aliphatic heterocycles. The number of halogens is 1. The van der Waals surface area contributed by atoms with Crippen molar-refractivity contribution in [3.05, 3.63) is 35.6 Å². The molecular formula is C16H26FN3. The zero-order valence-electron chi connectivity index (χ0n) is 12.6. The molecule has 0 radical (unpaired) electrons. The minimum Gasteiger partial charge on any atom is -0.326 e. The Morgan fingerprint density at radius 1 is 1.20 bits per heavy atom. The standard InChI is InChI=1S/C16H26FN3/c1-3-15(18)16(13-6-5-7-14(17)12-13)20-10-8-19(4-2)9-11-20/h5-7,12,15-16H,3-4,8-11,18H2,1-2H3. The first-order chi connectivity index (χ1) is 9.65. The monoisotopic (exact) mass is 279 g/mol. The van der Waals surface area contributed by atoms with E-state index in [0.717, 1.165) is 44.7 Å². The summed E-state index contributed by atoms with van der Waals surface area (Å²) in [5.74, 6) is -0.178. The van der Waals surface area contributed by atoms with E-state index in [9.17, 15) is 4.39 Å². The first kappa shape index (κ1) is 15.4. The van der Waals surface area contributed by atoms with Gasteiger partial charge < -0.3 is 10.6 Å². The van der Waals surface area contributed by atoms with Gasteiger partial charge in [-0.2, -0.15) is 0 Å². The van der Waals surface area contributed by atoms with Crippen molar-refractivity contribution in [2.45, 2.75) is 32.4 Å². The lowest BCUT2D eigenvalue weighted by atomic mass is 9.95. The highest BCUT2D eigenvalue weighted by atomic mass is 19.1. The lowest BCUT2D eigenvalue weighted by Gasteiger charge is -2.41. The van der Waals surface area contributed by atoms with Crippen LogP contribution in [-0.2, 0) is 0 Å². The molecule has 1 aromatic rings. The van der Waals surface area contributed by atoms with Crippen LogP contribution in [0.2, 0.25) is 0 Å². The molecule has 3 nitrogen and oxygen atoms in total. The quantitative estimate of drug-likeness (QED) is 0.897. The van der Waals surface area contributed by atoms with E-state index in [1.54, 1.807) is 12.1 Å². The van der Waals surface area contributed by atoms with Gasteiger partial charge in [0, 0.05) is 32.2 Å². The summed E-state index contributed by atoms with van der Waals surface area (Å²) in [6.07, 6.45) is 0.898. The van der Waals surface area contributed by atoms with Crippen LogP contribution in [-0.4, -0.2) is 48.6 Å². The lowest BCUT2D eigenvalue weighted by Crippen LogP contribution is -2.51. The van der Waals surface area contributed by atoms with Crippen LogP contribution < -0.4 is 5.73 Å². The second-order valence-corrected chi connectivity index (χ2v) is 5.54. The van der Waals surface area contributed by atoms with Crippen LogP contribution >= 0.6 is 0 Å². The van der Waals surface area contributed by atoms with Crippen LogP contribution in [0.15, 0.2) is 24.3 Å². The summed E-state index contributed by atoms with van der Waals surface area (Å²) in [6.45, 7) is 9.53. The molecule has 4 heteroatoms. The Morgan fingerprint density at radius 3 is 2.45 bits per heavy atom. The van der Waals surface area contributed by atoms with Crippen molar-refractivity contribution >= 4 is 0 Å². The van der Waals surface area contributed by atoms with Crippen LogP contribution in [0.5, 0.6) is 0 Å². The molecule has 2 rings (SSSR count). The van der Waals surface area contributed by atoms with Crippen molar-refractivity contribution in [3.63, 3.8) is 0 Å². The number of likely N-dealkylation sites (N-methyl/N-ethyl adjacent to an activating group) is 1. The van der Waals surface area contributed by atoms with Crippen LogP contribution in [0.3, 0.4) is 0 Å². The average Bonchev–Trinajstić information content (AvgIpc) is 2.48. The minimum absolute atomic E-state index is 0.0463. The van der Waals surface area contributed by atoms with Gasteiger partial charge in [0.1, 0.15) is 5.82 Å². The number of benzene rings is 1. The maximum atomic E-state index is 13.5. The number of nitrogens with zero attached hydrogens (tertiary/aromatic N) is 2. The summed E-state index contributed by atoms with van der Waals surface area (Å²) < 4.78 is 13.5. The number of rotatable bonds is 5. The Labute approximate surface area is 121 Å². The van der Waals surface area contributed by atoms with Gasteiger partial charge in [-0.1, -0.05) is 26.0 Å². The van der Waals surface area contributed by atoms with E-state index in [1.165, 1.54) is 6.07 Å². The minimum atomic E-state index is -0.178. The summed E-state index contributed by atoms with van der Waals surface area (Å²) in [6, 6.07) is 7.07. The van der Waals surface area contributed by atoms with Gasteiger partial charge in [-0.15, -0.1) is 0 Å². The van der Waals surface area contributed by atoms with Gasteiger partial charge in [0.05, 0.1) is 6.04 Å². The predicted molar refractivity (Wildman–Crippen MR) is 81.1 cm³/mol. The van der Waals surface area contributed by atoms with Crippen LogP contribution in [0.4, 0.5) is 4.39 Å². The second kappa shape index (κ2) is 7.16. The molecule has 2 N–H and O–H groups in total. The van der Waals surface area contributed by atoms with E-state index in [0.29, 0.717) is 0 Å². The van der Waals surface area contributed by atoms with Crippen molar-refractivity contribution in [3.8, 4) is 0 Å². The Bertz CT molecular complexity index is 416. The van der Waals surface area contributed by atoms with E-state index in [-0.39, 0.29) is 17.9 Å². The third-order valence-corrected chi connectivity index (χ3v) is 4.31. The number of hydrogen-bond donors (Lipinski definition) is 1. The molecule has 0 spiro atoms. The third kappa shape index (κ3) is 3.57. The Morgan fingerprint density at radius 2 is 1.90 bits per heavy atom. The zero-order valence-corrected chi connectivity index (χ0v) is 12.6. The first-order valence-electron chi connectivity index (χ1n) is 7.63. The molecule has 1 aromatic carbocycles. The molecule has 1 fully saturated rings. The van der Waals surface area contributed by atoms with E-state index < -0.39 is 0 Å². The van der Waals surface area contributed by atoms with Crippen molar-refractivity contribution < 1.29 is 4.39 Å². The van der Waals surface area contributed by atoms with Gasteiger partial charge in [0.2, 0.25) is 0 Å². The average molecular weight is 279 g/mol. The van der Waals surface area contributed by atoms with Gasteiger partial charge in [-0.3, -0.25) is 4.90 Å². The molecule has 1 heterocycles. The van der Waals surface area contributed by atoms with Crippen LogP contribution in [0.25, 0.3) is 0 Å². The van der Waals surface area contributed by atoms with E-state index in [1.807, 2.05) is 6.07 Å². The number of piperazine rings is 1. The highest BCUT2D eigenvalue weighted by Gasteiger charge is 2.28. The molecule has 0 aliphatic carbocycles. The van der Waals surface area contributed by atoms with E-state index in [4.69, 9.17) is 5.73 Å². The Hall–Kier alpha value is -0.970. The summed E-state index contributed by atoms with van der Waals surface area (Å²) >= 11 is 0. The molecule has 1 aliphatic rings. The first-order valence-corrected chi connectivity index (χ1v) is 7.63. The predicted octanol–water partition coefficient (Wildman–Crippen LogP) is 2.24. The summed E-state index contributed by atoms with van der Waals surface area (Å²) in [5.41, 5.74) is 7.32. The highest BCUT2D eigenvalue weighted by molar-refractivity contribution is 5.22. The molecular weight excluding hydrogens is 253 g/mol. The second-order valence-electron chi connectivity index (χ2n) is 5.54. The normalized spacial score (nSPS) is 20.8. The van der Waals surface area contributed by atoms with E-state index >= 15 is 0 Å². The lowest BCUT2D eigenvalue weighted by molar-refractivity contribution is 0.0864. The molecule has 2 atom stereocenters. The summed E-state index contributed by atoms with van der Waals surface area (Å²) in [7, 11) is 0. The Kier molecular flexibility index (Phi) is 5.52. The molecule has 0 saturated carbocycles. The summed E-state index contributed by atoms with van der Waals surface area (Å²) in [4.78, 5) is 4.85. The zero-order chi connectivity index (χ0) is 14.5. The largest absolute Gasteiger partial charge is 0.326 e. The summed E-state index contributed by atoms with van der Waals surface area (Å²) in [5, 5.41) is 0. The van der Waals surface area contributed by atoms with Gasteiger partial charge in [-0.05, 0) is 30.7 Å². The number of hydrogen-bond acceptors (Lipinski definition) is 3. The van der Waals surface area contributed by atoms with Gasteiger partial charge in [-0.25, -0.2) is 4.39 Å². The van der Waals surface area contributed by atoms with Crippen LogP contribution in [0, 0.1) is 5.82 Å². The van der Waals surface area contributed by atoms with E-state index in [2.05, 4.69) is 23.6 Å².